The molecule has 0 radical (unpaired) electrons. The van der Waals surface area contributed by atoms with Gasteiger partial charge in [0.25, 0.3) is 5.69 Å². The van der Waals surface area contributed by atoms with E-state index in [2.05, 4.69) is 9.97 Å². The van der Waals surface area contributed by atoms with Gasteiger partial charge in [0, 0.05) is 23.2 Å². The van der Waals surface area contributed by atoms with Crippen LogP contribution in [0, 0.1) is 30.9 Å². The highest BCUT2D eigenvalue weighted by Gasteiger charge is 2.12. The summed E-state index contributed by atoms with van der Waals surface area (Å²) in [5.41, 5.74) is 9.72. The lowest BCUT2D eigenvalue weighted by Gasteiger charge is -2.07. The standard InChI is InChI=1S/C14H16N4O2S/c1-8-9(2)16-14(17-10(8)3)21-7-11-4-5-13(18(19)20)12(15)6-11/h4-6H,7,15H2,1-3H3. The number of nitrogens with zero attached hydrogens (tertiary/aromatic N) is 3. The molecule has 0 fully saturated rings. The predicted octanol–water partition coefficient (Wildman–Crippen LogP) is 3.18. The van der Waals surface area contributed by atoms with Crippen LogP contribution >= 0.6 is 11.8 Å². The van der Waals surface area contributed by atoms with E-state index in [1.165, 1.54) is 17.8 Å². The zero-order valence-electron chi connectivity index (χ0n) is 12.1. The predicted molar refractivity (Wildman–Crippen MR) is 83.3 cm³/mol. The first-order chi connectivity index (χ1) is 9.88. The van der Waals surface area contributed by atoms with Crippen molar-refractivity contribution in [2.24, 2.45) is 0 Å². The lowest BCUT2D eigenvalue weighted by molar-refractivity contribution is -0.383. The molecular formula is C14H16N4O2S. The van der Waals surface area contributed by atoms with Gasteiger partial charge in [0.05, 0.1) is 4.92 Å². The third-order valence-corrected chi connectivity index (χ3v) is 4.19. The maximum atomic E-state index is 10.7. The summed E-state index contributed by atoms with van der Waals surface area (Å²) in [5, 5.41) is 11.4. The van der Waals surface area contributed by atoms with Gasteiger partial charge >= 0.3 is 0 Å². The molecule has 0 atom stereocenters. The van der Waals surface area contributed by atoms with Crippen LogP contribution in [0.3, 0.4) is 0 Å². The van der Waals surface area contributed by atoms with Gasteiger partial charge in [-0.1, -0.05) is 17.8 Å². The van der Waals surface area contributed by atoms with Gasteiger partial charge in [-0.2, -0.15) is 0 Å². The fraction of sp³-hybridized carbons (Fsp3) is 0.286. The molecule has 0 aliphatic heterocycles. The van der Waals surface area contributed by atoms with Crippen LogP contribution in [0.25, 0.3) is 0 Å². The molecule has 7 heteroatoms. The van der Waals surface area contributed by atoms with Gasteiger partial charge in [0.15, 0.2) is 5.16 Å². The Labute approximate surface area is 127 Å². The average molecular weight is 304 g/mol. The lowest BCUT2D eigenvalue weighted by atomic mass is 10.2. The molecule has 1 aromatic carbocycles. The van der Waals surface area contributed by atoms with E-state index in [9.17, 15) is 10.1 Å². The third kappa shape index (κ3) is 3.49. The first-order valence-electron chi connectivity index (χ1n) is 6.36. The number of aryl methyl sites for hydroxylation is 2. The average Bonchev–Trinajstić information content (AvgIpc) is 2.42. The molecule has 2 aromatic rings. The summed E-state index contributed by atoms with van der Waals surface area (Å²) in [7, 11) is 0. The number of anilines is 1. The van der Waals surface area contributed by atoms with Gasteiger partial charge < -0.3 is 5.73 Å². The van der Waals surface area contributed by atoms with Crippen molar-refractivity contribution in [3.8, 4) is 0 Å². The van der Waals surface area contributed by atoms with Gasteiger partial charge in [-0.05, 0) is 38.0 Å². The van der Waals surface area contributed by atoms with Crippen LogP contribution in [0.1, 0.15) is 22.5 Å². The van der Waals surface area contributed by atoms with Crippen LogP contribution < -0.4 is 5.73 Å². The normalized spacial score (nSPS) is 10.6. The van der Waals surface area contributed by atoms with Crippen LogP contribution in [0.2, 0.25) is 0 Å². The Hall–Kier alpha value is -2.15. The Morgan fingerprint density at radius 3 is 2.38 bits per heavy atom. The topological polar surface area (TPSA) is 94.9 Å². The first-order valence-corrected chi connectivity index (χ1v) is 7.34. The molecule has 0 saturated heterocycles. The summed E-state index contributed by atoms with van der Waals surface area (Å²) < 4.78 is 0. The first kappa shape index (κ1) is 15.2. The Bertz CT molecular complexity index is 680. The van der Waals surface area contributed by atoms with Crippen LogP contribution in [0.4, 0.5) is 11.4 Å². The number of nitro groups is 1. The molecule has 110 valence electrons. The van der Waals surface area contributed by atoms with Crippen molar-refractivity contribution in [2.75, 3.05) is 5.73 Å². The second-order valence-electron chi connectivity index (χ2n) is 4.74. The fourth-order valence-electron chi connectivity index (χ4n) is 1.81. The van der Waals surface area contributed by atoms with Crippen LogP contribution in [0.5, 0.6) is 0 Å². The van der Waals surface area contributed by atoms with Crippen molar-refractivity contribution in [3.05, 3.63) is 50.8 Å². The monoisotopic (exact) mass is 304 g/mol. The molecule has 1 heterocycles. The lowest BCUT2D eigenvalue weighted by Crippen LogP contribution is -1.99. The molecule has 2 N–H and O–H groups in total. The molecule has 0 aliphatic carbocycles. The van der Waals surface area contributed by atoms with E-state index in [-0.39, 0.29) is 11.4 Å². The molecule has 1 aromatic heterocycles. The Kier molecular flexibility index (Phi) is 4.42. The minimum Gasteiger partial charge on any atom is -0.393 e. The van der Waals surface area contributed by atoms with Gasteiger partial charge in [-0.25, -0.2) is 9.97 Å². The van der Waals surface area contributed by atoms with E-state index < -0.39 is 4.92 Å². The van der Waals surface area contributed by atoms with Crippen molar-refractivity contribution in [3.63, 3.8) is 0 Å². The number of nitrogens with two attached hydrogens (primary N) is 1. The van der Waals surface area contributed by atoms with Gasteiger partial charge in [0.1, 0.15) is 5.69 Å². The quantitative estimate of drug-likeness (QED) is 0.306. The van der Waals surface area contributed by atoms with Crippen LogP contribution in [-0.2, 0) is 5.75 Å². The van der Waals surface area contributed by atoms with E-state index in [4.69, 9.17) is 5.73 Å². The number of hydrogen-bond donors (Lipinski definition) is 1. The second kappa shape index (κ2) is 6.09. The van der Waals surface area contributed by atoms with Crippen molar-refractivity contribution in [1.82, 2.24) is 9.97 Å². The number of benzene rings is 1. The Balaban J connectivity index is 2.13. The zero-order chi connectivity index (χ0) is 15.6. The number of hydrogen-bond acceptors (Lipinski definition) is 6. The molecule has 0 spiro atoms. The molecule has 0 unspecified atom stereocenters. The summed E-state index contributed by atoms with van der Waals surface area (Å²) in [6, 6.07) is 4.76. The third-order valence-electron chi connectivity index (χ3n) is 3.27. The summed E-state index contributed by atoms with van der Waals surface area (Å²) in [4.78, 5) is 19.1. The summed E-state index contributed by atoms with van der Waals surface area (Å²) in [5.74, 6) is 0.615. The minimum absolute atomic E-state index is 0.0676. The van der Waals surface area contributed by atoms with Crippen molar-refractivity contribution in [2.45, 2.75) is 31.7 Å². The van der Waals surface area contributed by atoms with E-state index >= 15 is 0 Å². The van der Waals surface area contributed by atoms with Crippen LogP contribution in [0.15, 0.2) is 23.4 Å². The molecule has 6 nitrogen and oxygen atoms in total. The van der Waals surface area contributed by atoms with E-state index in [1.54, 1.807) is 12.1 Å². The SMILES string of the molecule is Cc1nc(SCc2ccc([N+](=O)[O-])c(N)c2)nc(C)c1C. The van der Waals surface area contributed by atoms with Gasteiger partial charge in [-0.3, -0.25) is 10.1 Å². The molecule has 2 rings (SSSR count). The highest BCUT2D eigenvalue weighted by atomic mass is 32.2. The highest BCUT2D eigenvalue weighted by molar-refractivity contribution is 7.98. The number of rotatable bonds is 4. The largest absolute Gasteiger partial charge is 0.393 e. The minimum atomic E-state index is -0.484. The maximum absolute atomic E-state index is 10.7. The molecular weight excluding hydrogens is 288 g/mol. The maximum Gasteiger partial charge on any atom is 0.292 e. The van der Waals surface area contributed by atoms with Crippen LogP contribution in [-0.4, -0.2) is 14.9 Å². The molecule has 0 amide bonds. The molecule has 0 saturated carbocycles. The van der Waals surface area contributed by atoms with Crippen molar-refractivity contribution >= 4 is 23.1 Å². The van der Waals surface area contributed by atoms with Gasteiger partial charge in [0.2, 0.25) is 0 Å². The van der Waals surface area contributed by atoms with E-state index in [0.29, 0.717) is 10.9 Å². The van der Waals surface area contributed by atoms with Gasteiger partial charge in [-0.15, -0.1) is 0 Å². The fourth-order valence-corrected chi connectivity index (χ4v) is 2.69. The van der Waals surface area contributed by atoms with Crippen molar-refractivity contribution in [1.29, 1.82) is 0 Å². The summed E-state index contributed by atoms with van der Waals surface area (Å²) >= 11 is 1.49. The van der Waals surface area contributed by atoms with E-state index in [0.717, 1.165) is 22.5 Å². The Morgan fingerprint density at radius 2 is 1.86 bits per heavy atom. The van der Waals surface area contributed by atoms with E-state index in [1.807, 2.05) is 20.8 Å². The number of aromatic nitrogens is 2. The smallest absolute Gasteiger partial charge is 0.292 e. The molecule has 21 heavy (non-hydrogen) atoms. The second-order valence-corrected chi connectivity index (χ2v) is 5.68. The number of nitrogen functional groups attached to an aromatic ring is 1. The molecule has 0 aliphatic rings. The number of thioether (sulfide) groups is 1. The highest BCUT2D eigenvalue weighted by Crippen LogP contribution is 2.26. The molecule has 0 bridgehead atoms. The summed E-state index contributed by atoms with van der Waals surface area (Å²) in [6.07, 6.45) is 0. The zero-order valence-corrected chi connectivity index (χ0v) is 12.9. The Morgan fingerprint density at radius 1 is 1.24 bits per heavy atom. The summed E-state index contributed by atoms with van der Waals surface area (Å²) in [6.45, 7) is 5.91. The van der Waals surface area contributed by atoms with Crippen molar-refractivity contribution < 1.29 is 4.92 Å². The number of nitro benzene ring substituents is 1.